The quantitative estimate of drug-likeness (QED) is 0.637. The van der Waals surface area contributed by atoms with Gasteiger partial charge < -0.3 is 5.32 Å². The first-order valence-electron chi connectivity index (χ1n) is 8.67. The lowest BCUT2D eigenvalue weighted by molar-refractivity contribution is -0.125. The molecule has 0 bridgehead atoms. The molecule has 2 atom stereocenters. The Balaban J connectivity index is 1.47. The fourth-order valence-corrected chi connectivity index (χ4v) is 3.29. The summed E-state index contributed by atoms with van der Waals surface area (Å²) in [5, 5.41) is 7.13. The van der Waals surface area contributed by atoms with Crippen molar-refractivity contribution in [3.63, 3.8) is 0 Å². The number of nitrogens with one attached hydrogen (secondary N) is 3. The summed E-state index contributed by atoms with van der Waals surface area (Å²) in [5.74, 6) is -0.761. The monoisotopic (exact) mass is 366 g/mol. The first-order chi connectivity index (χ1) is 13.2. The van der Waals surface area contributed by atoms with E-state index < -0.39 is 0 Å². The molecule has 8 heteroatoms. The van der Waals surface area contributed by atoms with Crippen LogP contribution in [0.15, 0.2) is 61.2 Å². The molecule has 1 saturated heterocycles. The fraction of sp³-hybridized carbons (Fsp3) is 0.211. The molecule has 3 N–H and O–H groups in total. The summed E-state index contributed by atoms with van der Waals surface area (Å²) >= 11 is 0. The van der Waals surface area contributed by atoms with E-state index in [0.29, 0.717) is 13.1 Å². The van der Waals surface area contributed by atoms with Crippen molar-refractivity contribution in [3.05, 3.63) is 78.1 Å². The first-order valence-corrected chi connectivity index (χ1v) is 8.67. The van der Waals surface area contributed by atoms with Gasteiger partial charge in [-0.15, -0.1) is 0 Å². The standard InChI is InChI=1S/C19H19FN6O/c20-15-6-3-5-13(8-15)18-16(10-23-25-18)19(27)22-9-14-4-1-2-7-17(14)26-12-21-11-24-26/h1-8,11-12,16,18,23,25H,9-10H2,(H,22,27). The van der Waals surface area contributed by atoms with Crippen LogP contribution in [0.3, 0.4) is 0 Å². The van der Waals surface area contributed by atoms with Crippen LogP contribution >= 0.6 is 0 Å². The average Bonchev–Trinajstić information content (AvgIpc) is 3.38. The van der Waals surface area contributed by atoms with E-state index in [9.17, 15) is 9.18 Å². The summed E-state index contributed by atoms with van der Waals surface area (Å²) in [6.45, 7) is 0.832. The Morgan fingerprint density at radius 3 is 2.96 bits per heavy atom. The number of para-hydroxylation sites is 1. The van der Waals surface area contributed by atoms with Crippen molar-refractivity contribution in [2.75, 3.05) is 6.54 Å². The maximum absolute atomic E-state index is 13.5. The van der Waals surface area contributed by atoms with Crippen LogP contribution in [0.25, 0.3) is 5.69 Å². The molecule has 0 spiro atoms. The zero-order chi connectivity index (χ0) is 18.6. The van der Waals surface area contributed by atoms with E-state index in [0.717, 1.165) is 16.8 Å². The summed E-state index contributed by atoms with van der Waals surface area (Å²) in [5.41, 5.74) is 8.59. The van der Waals surface area contributed by atoms with Crippen molar-refractivity contribution in [1.82, 2.24) is 30.9 Å². The predicted octanol–water partition coefficient (Wildman–Crippen LogP) is 1.49. The predicted molar refractivity (Wildman–Crippen MR) is 97.0 cm³/mol. The average molecular weight is 366 g/mol. The summed E-state index contributed by atoms with van der Waals surface area (Å²) in [7, 11) is 0. The van der Waals surface area contributed by atoms with Crippen LogP contribution in [0.4, 0.5) is 4.39 Å². The molecule has 0 radical (unpaired) electrons. The highest BCUT2D eigenvalue weighted by molar-refractivity contribution is 5.80. The molecule has 1 aliphatic heterocycles. The second-order valence-corrected chi connectivity index (χ2v) is 6.35. The number of carbonyl (C=O) groups is 1. The first kappa shape index (κ1) is 17.3. The molecule has 7 nitrogen and oxygen atoms in total. The molecule has 2 aromatic carbocycles. The van der Waals surface area contributed by atoms with Gasteiger partial charge in [0.15, 0.2) is 0 Å². The largest absolute Gasteiger partial charge is 0.352 e. The summed E-state index contributed by atoms with van der Waals surface area (Å²) < 4.78 is 15.2. The topological polar surface area (TPSA) is 83.9 Å². The van der Waals surface area contributed by atoms with Gasteiger partial charge in [0.05, 0.1) is 17.6 Å². The van der Waals surface area contributed by atoms with Gasteiger partial charge in [0.2, 0.25) is 5.91 Å². The highest BCUT2D eigenvalue weighted by atomic mass is 19.1. The highest BCUT2D eigenvalue weighted by Crippen LogP contribution is 2.25. The number of hydrogen-bond donors (Lipinski definition) is 3. The van der Waals surface area contributed by atoms with Crippen molar-refractivity contribution in [2.45, 2.75) is 12.6 Å². The summed E-state index contributed by atoms with van der Waals surface area (Å²) in [4.78, 5) is 16.7. The molecular formula is C19H19FN6O. The minimum absolute atomic E-state index is 0.102. The molecule has 0 aliphatic carbocycles. The molecule has 27 heavy (non-hydrogen) atoms. The van der Waals surface area contributed by atoms with Crippen LogP contribution in [0, 0.1) is 11.7 Å². The number of carbonyl (C=O) groups excluding carboxylic acids is 1. The van der Waals surface area contributed by atoms with E-state index in [-0.39, 0.29) is 23.7 Å². The Bertz CT molecular complexity index is 929. The Morgan fingerprint density at radius 2 is 2.15 bits per heavy atom. The van der Waals surface area contributed by atoms with Crippen LogP contribution < -0.4 is 16.2 Å². The van der Waals surface area contributed by atoms with Gasteiger partial charge in [-0.25, -0.2) is 19.5 Å². The molecule has 138 valence electrons. The molecule has 1 amide bonds. The van der Waals surface area contributed by atoms with Crippen LogP contribution in [-0.2, 0) is 11.3 Å². The maximum Gasteiger partial charge on any atom is 0.226 e. The zero-order valence-corrected chi connectivity index (χ0v) is 14.5. The van der Waals surface area contributed by atoms with Crippen LogP contribution in [0.5, 0.6) is 0 Å². The number of hydrazine groups is 1. The number of aromatic nitrogens is 3. The summed E-state index contributed by atoms with van der Waals surface area (Å²) in [6, 6.07) is 13.7. The second-order valence-electron chi connectivity index (χ2n) is 6.35. The molecule has 3 aromatic rings. The highest BCUT2D eigenvalue weighted by Gasteiger charge is 2.34. The van der Waals surface area contributed by atoms with E-state index in [1.165, 1.54) is 18.5 Å². The zero-order valence-electron chi connectivity index (χ0n) is 14.5. The molecular weight excluding hydrogens is 347 g/mol. The number of benzene rings is 2. The van der Waals surface area contributed by atoms with Gasteiger partial charge in [0, 0.05) is 13.1 Å². The molecule has 2 heterocycles. The molecule has 0 saturated carbocycles. The number of hydrogen-bond acceptors (Lipinski definition) is 5. The van der Waals surface area contributed by atoms with Crippen LogP contribution in [0.1, 0.15) is 17.2 Å². The smallest absolute Gasteiger partial charge is 0.226 e. The normalized spacial score (nSPS) is 19.1. The van der Waals surface area contributed by atoms with Crippen molar-refractivity contribution in [2.24, 2.45) is 5.92 Å². The van der Waals surface area contributed by atoms with Crippen LogP contribution in [0.2, 0.25) is 0 Å². The minimum atomic E-state index is -0.342. The van der Waals surface area contributed by atoms with Gasteiger partial charge in [-0.2, -0.15) is 5.10 Å². The molecule has 1 fully saturated rings. The minimum Gasteiger partial charge on any atom is -0.352 e. The number of nitrogens with zero attached hydrogens (tertiary/aromatic N) is 3. The Labute approximate surface area is 155 Å². The van der Waals surface area contributed by atoms with E-state index >= 15 is 0 Å². The van der Waals surface area contributed by atoms with E-state index in [1.807, 2.05) is 30.3 Å². The van der Waals surface area contributed by atoms with Crippen molar-refractivity contribution in [1.29, 1.82) is 0 Å². The lowest BCUT2D eigenvalue weighted by atomic mass is 9.94. The van der Waals surface area contributed by atoms with Gasteiger partial charge >= 0.3 is 0 Å². The molecule has 1 aliphatic rings. The van der Waals surface area contributed by atoms with Crippen molar-refractivity contribution >= 4 is 5.91 Å². The van der Waals surface area contributed by atoms with Gasteiger partial charge in [-0.05, 0) is 29.3 Å². The third-order valence-electron chi connectivity index (χ3n) is 4.64. The van der Waals surface area contributed by atoms with Crippen molar-refractivity contribution < 1.29 is 9.18 Å². The Hall–Kier alpha value is -3.10. The van der Waals surface area contributed by atoms with E-state index in [2.05, 4.69) is 26.3 Å². The fourth-order valence-electron chi connectivity index (χ4n) is 3.29. The molecule has 4 rings (SSSR count). The maximum atomic E-state index is 13.5. The summed E-state index contributed by atoms with van der Waals surface area (Å²) in [6.07, 6.45) is 3.08. The van der Waals surface area contributed by atoms with Gasteiger partial charge in [-0.3, -0.25) is 10.2 Å². The van der Waals surface area contributed by atoms with E-state index in [1.54, 1.807) is 17.1 Å². The third-order valence-corrected chi connectivity index (χ3v) is 4.64. The van der Waals surface area contributed by atoms with E-state index in [4.69, 9.17) is 0 Å². The lowest BCUT2D eigenvalue weighted by Gasteiger charge is -2.19. The van der Waals surface area contributed by atoms with Gasteiger partial charge in [0.1, 0.15) is 18.5 Å². The second kappa shape index (κ2) is 7.65. The Morgan fingerprint density at radius 1 is 1.26 bits per heavy atom. The molecule has 1 aromatic heterocycles. The third kappa shape index (κ3) is 3.71. The SMILES string of the molecule is O=C(NCc1ccccc1-n1cncn1)C1CNNC1c1cccc(F)c1. The van der Waals surface area contributed by atoms with Gasteiger partial charge in [0.25, 0.3) is 0 Å². The van der Waals surface area contributed by atoms with Crippen LogP contribution in [-0.4, -0.2) is 27.2 Å². The molecule has 2 unspecified atom stereocenters. The Kier molecular flexibility index (Phi) is 4.91. The number of amides is 1. The lowest BCUT2D eigenvalue weighted by Crippen LogP contribution is -2.35. The van der Waals surface area contributed by atoms with Gasteiger partial charge in [-0.1, -0.05) is 30.3 Å². The number of halogens is 1. The van der Waals surface area contributed by atoms with Crippen molar-refractivity contribution in [3.8, 4) is 5.69 Å². The number of rotatable bonds is 5.